The third kappa shape index (κ3) is 3.55. The molecule has 0 bridgehead atoms. The van der Waals surface area contributed by atoms with Crippen LogP contribution in [0.4, 0.5) is 0 Å². The lowest BCUT2D eigenvalue weighted by molar-refractivity contribution is -0.0366. The highest BCUT2D eigenvalue weighted by molar-refractivity contribution is 5.27. The van der Waals surface area contributed by atoms with Crippen molar-refractivity contribution < 1.29 is 10.2 Å². The Morgan fingerprint density at radius 3 is 2.54 bits per heavy atom. The van der Waals surface area contributed by atoms with Gasteiger partial charge in [-0.25, -0.2) is 0 Å². The van der Waals surface area contributed by atoms with E-state index in [1.165, 1.54) is 0 Å². The van der Waals surface area contributed by atoms with Crippen molar-refractivity contribution in [2.24, 2.45) is 5.92 Å². The Kier molecular flexibility index (Phi) is 3.89. The van der Waals surface area contributed by atoms with Crippen LogP contribution in [0.3, 0.4) is 0 Å². The topological polar surface area (TPSA) is 52.5 Å². The van der Waals surface area contributed by atoms with Gasteiger partial charge in [-0.05, 0) is 0 Å². The molecular weight excluding hydrogens is 166 g/mol. The SMILES string of the molecule is C=C(CNCC(O)O)C1C=CC=C1. The van der Waals surface area contributed by atoms with Gasteiger partial charge in [-0.3, -0.25) is 0 Å². The van der Waals surface area contributed by atoms with Gasteiger partial charge in [-0.1, -0.05) is 36.5 Å². The number of rotatable bonds is 5. The first kappa shape index (κ1) is 10.2. The van der Waals surface area contributed by atoms with Crippen LogP contribution in [0.1, 0.15) is 0 Å². The molecule has 0 fully saturated rings. The zero-order chi connectivity index (χ0) is 9.68. The maximum absolute atomic E-state index is 8.57. The van der Waals surface area contributed by atoms with Crippen LogP contribution in [0.15, 0.2) is 36.5 Å². The van der Waals surface area contributed by atoms with E-state index in [4.69, 9.17) is 10.2 Å². The molecule has 72 valence electrons. The van der Waals surface area contributed by atoms with Crippen LogP contribution in [0.5, 0.6) is 0 Å². The summed E-state index contributed by atoms with van der Waals surface area (Å²) in [6.45, 7) is 4.69. The Morgan fingerprint density at radius 2 is 2.00 bits per heavy atom. The molecule has 0 saturated heterocycles. The average molecular weight is 181 g/mol. The van der Waals surface area contributed by atoms with Gasteiger partial charge in [0.25, 0.3) is 0 Å². The minimum absolute atomic E-state index is 0.180. The predicted octanol–water partition coefficient (Wildman–Crippen LogP) is 0.185. The van der Waals surface area contributed by atoms with E-state index in [1.807, 2.05) is 12.2 Å². The highest BCUT2D eigenvalue weighted by Crippen LogP contribution is 2.16. The van der Waals surface area contributed by atoms with Gasteiger partial charge >= 0.3 is 0 Å². The van der Waals surface area contributed by atoms with Gasteiger partial charge in [0.05, 0.1) is 0 Å². The van der Waals surface area contributed by atoms with Gasteiger partial charge in [0, 0.05) is 19.0 Å². The Labute approximate surface area is 78.1 Å². The van der Waals surface area contributed by atoms with E-state index in [2.05, 4.69) is 24.0 Å². The molecule has 0 spiro atoms. The second-order valence-electron chi connectivity index (χ2n) is 3.07. The number of nitrogens with one attached hydrogen (secondary N) is 1. The number of allylic oxidation sites excluding steroid dienone is 4. The van der Waals surface area contributed by atoms with Gasteiger partial charge in [0.15, 0.2) is 6.29 Å². The molecule has 0 atom stereocenters. The molecule has 3 heteroatoms. The molecule has 0 radical (unpaired) electrons. The standard InChI is InChI=1S/C10H15NO2/c1-8(6-11-7-10(12)13)9-4-2-3-5-9/h2-5,9-13H,1,6-7H2. The minimum atomic E-state index is -1.29. The zero-order valence-electron chi connectivity index (χ0n) is 7.48. The van der Waals surface area contributed by atoms with E-state index in [0.29, 0.717) is 12.5 Å². The van der Waals surface area contributed by atoms with Crippen molar-refractivity contribution in [3.8, 4) is 0 Å². The predicted molar refractivity (Wildman–Crippen MR) is 52.0 cm³/mol. The summed E-state index contributed by atoms with van der Waals surface area (Å²) in [7, 11) is 0. The monoisotopic (exact) mass is 181 g/mol. The quantitative estimate of drug-likeness (QED) is 0.419. The van der Waals surface area contributed by atoms with Crippen molar-refractivity contribution in [3.05, 3.63) is 36.5 Å². The summed E-state index contributed by atoms with van der Waals surface area (Å²) in [5.41, 5.74) is 1.03. The fourth-order valence-corrected chi connectivity index (χ4v) is 1.18. The average Bonchev–Trinajstić information content (AvgIpc) is 2.55. The minimum Gasteiger partial charge on any atom is -0.367 e. The molecule has 0 aliphatic heterocycles. The van der Waals surface area contributed by atoms with Crippen molar-refractivity contribution in [1.29, 1.82) is 0 Å². The maximum Gasteiger partial charge on any atom is 0.164 e. The highest BCUT2D eigenvalue weighted by Gasteiger charge is 2.07. The second kappa shape index (κ2) is 4.97. The fraction of sp³-hybridized carbons (Fsp3) is 0.400. The molecule has 0 amide bonds. The summed E-state index contributed by atoms with van der Waals surface area (Å²) in [6, 6.07) is 0. The van der Waals surface area contributed by atoms with E-state index in [0.717, 1.165) is 5.57 Å². The van der Waals surface area contributed by atoms with Crippen LogP contribution < -0.4 is 5.32 Å². The van der Waals surface area contributed by atoms with Crippen LogP contribution in [0.25, 0.3) is 0 Å². The van der Waals surface area contributed by atoms with E-state index in [9.17, 15) is 0 Å². The third-order valence-corrected chi connectivity index (χ3v) is 1.90. The van der Waals surface area contributed by atoms with Gasteiger partial charge < -0.3 is 15.5 Å². The first-order valence-corrected chi connectivity index (χ1v) is 4.29. The summed E-state index contributed by atoms with van der Waals surface area (Å²) < 4.78 is 0. The molecule has 0 unspecified atom stereocenters. The van der Waals surface area contributed by atoms with E-state index < -0.39 is 6.29 Å². The molecule has 0 saturated carbocycles. The Hall–Kier alpha value is -0.900. The van der Waals surface area contributed by atoms with Crippen LogP contribution in [-0.2, 0) is 0 Å². The molecule has 0 aromatic carbocycles. The van der Waals surface area contributed by atoms with Crippen molar-refractivity contribution in [1.82, 2.24) is 5.32 Å². The van der Waals surface area contributed by atoms with Gasteiger partial charge in [-0.2, -0.15) is 0 Å². The largest absolute Gasteiger partial charge is 0.367 e. The highest BCUT2D eigenvalue weighted by atomic mass is 16.5. The zero-order valence-corrected chi connectivity index (χ0v) is 7.48. The third-order valence-electron chi connectivity index (χ3n) is 1.90. The first-order valence-electron chi connectivity index (χ1n) is 4.29. The summed E-state index contributed by atoms with van der Waals surface area (Å²) in [6.07, 6.45) is 6.79. The first-order chi connectivity index (χ1) is 6.20. The number of hydrogen-bond acceptors (Lipinski definition) is 3. The molecule has 1 rings (SSSR count). The van der Waals surface area contributed by atoms with Crippen molar-refractivity contribution in [2.75, 3.05) is 13.1 Å². The lowest BCUT2D eigenvalue weighted by Gasteiger charge is -2.11. The normalized spacial score (nSPS) is 15.9. The lowest BCUT2D eigenvalue weighted by atomic mass is 10.0. The molecule has 0 aromatic rings. The van der Waals surface area contributed by atoms with Gasteiger partial charge in [0.2, 0.25) is 0 Å². The molecule has 3 N–H and O–H groups in total. The van der Waals surface area contributed by atoms with Gasteiger partial charge in [0.1, 0.15) is 0 Å². The van der Waals surface area contributed by atoms with E-state index in [1.54, 1.807) is 0 Å². The maximum atomic E-state index is 8.57. The van der Waals surface area contributed by atoms with Crippen LogP contribution in [-0.4, -0.2) is 29.6 Å². The van der Waals surface area contributed by atoms with Crippen molar-refractivity contribution in [2.45, 2.75) is 6.29 Å². The Balaban J connectivity index is 2.18. The molecule has 0 aromatic heterocycles. The second-order valence-corrected chi connectivity index (χ2v) is 3.07. The van der Waals surface area contributed by atoms with E-state index in [-0.39, 0.29) is 6.54 Å². The summed E-state index contributed by atoms with van der Waals surface area (Å²) >= 11 is 0. The van der Waals surface area contributed by atoms with E-state index >= 15 is 0 Å². The van der Waals surface area contributed by atoms with Crippen LogP contribution in [0.2, 0.25) is 0 Å². The summed E-state index contributed by atoms with van der Waals surface area (Å²) in [5, 5.41) is 20.0. The Bertz CT molecular complexity index is 219. The summed E-state index contributed by atoms with van der Waals surface area (Å²) in [5.74, 6) is 0.295. The molecule has 3 nitrogen and oxygen atoms in total. The molecule has 13 heavy (non-hydrogen) atoms. The molecule has 1 aliphatic carbocycles. The molecule has 1 aliphatic rings. The van der Waals surface area contributed by atoms with Crippen molar-refractivity contribution >= 4 is 0 Å². The van der Waals surface area contributed by atoms with Gasteiger partial charge in [-0.15, -0.1) is 0 Å². The number of aliphatic hydroxyl groups excluding tert-OH is 1. The van der Waals surface area contributed by atoms with Crippen LogP contribution in [0, 0.1) is 5.92 Å². The smallest absolute Gasteiger partial charge is 0.164 e. The van der Waals surface area contributed by atoms with Crippen LogP contribution >= 0.6 is 0 Å². The summed E-state index contributed by atoms with van der Waals surface area (Å²) in [4.78, 5) is 0. The number of hydrogen-bond donors (Lipinski definition) is 3. The van der Waals surface area contributed by atoms with Crippen molar-refractivity contribution in [3.63, 3.8) is 0 Å². The Morgan fingerprint density at radius 1 is 1.38 bits per heavy atom. The lowest BCUT2D eigenvalue weighted by Crippen LogP contribution is -2.28. The fourth-order valence-electron chi connectivity index (χ4n) is 1.18. The number of aliphatic hydroxyl groups is 2. The molecule has 0 heterocycles. The molecular formula is C10H15NO2.